The Kier molecular flexibility index (Phi) is 4.84. The minimum Gasteiger partial charge on any atom is -0.468 e. The van der Waals surface area contributed by atoms with E-state index in [1.807, 2.05) is 6.26 Å². The molecule has 1 N–H and O–H groups in total. The van der Waals surface area contributed by atoms with Crippen molar-refractivity contribution in [2.24, 2.45) is 5.92 Å². The Hall–Kier alpha value is -0.800. The van der Waals surface area contributed by atoms with Gasteiger partial charge in [-0.2, -0.15) is 0 Å². The molecule has 1 aromatic heterocycles. The van der Waals surface area contributed by atoms with Gasteiger partial charge < -0.3 is 9.73 Å². The fourth-order valence-electron chi connectivity index (χ4n) is 2.61. The monoisotopic (exact) mass is 250 g/mol. The molecule has 1 atom stereocenters. The van der Waals surface area contributed by atoms with E-state index in [2.05, 4.69) is 37.1 Å². The number of piperidine rings is 1. The van der Waals surface area contributed by atoms with Crippen LogP contribution in [0.15, 0.2) is 16.7 Å². The smallest absolute Gasteiger partial charge is 0.122 e. The molecule has 1 aliphatic heterocycles. The summed E-state index contributed by atoms with van der Waals surface area (Å²) >= 11 is 0. The summed E-state index contributed by atoms with van der Waals surface area (Å²) in [6.07, 6.45) is 4.51. The highest BCUT2D eigenvalue weighted by molar-refractivity contribution is 5.17. The van der Waals surface area contributed by atoms with Gasteiger partial charge in [0.05, 0.1) is 12.8 Å². The number of nitrogens with zero attached hydrogens (tertiary/aromatic N) is 1. The van der Waals surface area contributed by atoms with Gasteiger partial charge >= 0.3 is 0 Å². The molecule has 0 radical (unpaired) electrons. The lowest BCUT2D eigenvalue weighted by atomic mass is 10.00. The lowest BCUT2D eigenvalue weighted by molar-refractivity contribution is 0.164. The Morgan fingerprint density at radius 3 is 3.06 bits per heavy atom. The minimum atomic E-state index is 0.516. The van der Waals surface area contributed by atoms with Gasteiger partial charge in [-0.1, -0.05) is 20.8 Å². The first-order valence-electron chi connectivity index (χ1n) is 7.16. The molecule has 0 bridgehead atoms. The van der Waals surface area contributed by atoms with Crippen molar-refractivity contribution < 1.29 is 4.42 Å². The van der Waals surface area contributed by atoms with E-state index in [-0.39, 0.29) is 0 Å². The number of rotatable bonds is 5. The van der Waals surface area contributed by atoms with Gasteiger partial charge in [0.25, 0.3) is 0 Å². The van der Waals surface area contributed by atoms with Crippen LogP contribution in [0.1, 0.15) is 44.9 Å². The fourth-order valence-corrected chi connectivity index (χ4v) is 2.61. The molecule has 2 rings (SSSR count). The molecule has 2 heterocycles. The minimum absolute atomic E-state index is 0.516. The van der Waals surface area contributed by atoms with Crippen LogP contribution in [0.5, 0.6) is 0 Å². The molecule has 0 aliphatic carbocycles. The standard InChI is InChI=1S/C15H26N2O/c1-12(2)16-9-14-6-8-18-15(14)11-17-7-4-5-13(3)10-17/h6,8,12-13,16H,4-5,7,9-11H2,1-3H3. The zero-order chi connectivity index (χ0) is 13.0. The second-order valence-corrected chi connectivity index (χ2v) is 5.89. The average molecular weight is 250 g/mol. The predicted molar refractivity (Wildman–Crippen MR) is 74.4 cm³/mol. The molecule has 3 heteroatoms. The van der Waals surface area contributed by atoms with E-state index < -0.39 is 0 Å². The van der Waals surface area contributed by atoms with Crippen LogP contribution < -0.4 is 5.32 Å². The van der Waals surface area contributed by atoms with Crippen molar-refractivity contribution in [2.75, 3.05) is 13.1 Å². The number of likely N-dealkylation sites (tertiary alicyclic amines) is 1. The summed E-state index contributed by atoms with van der Waals surface area (Å²) in [5.41, 5.74) is 1.31. The summed E-state index contributed by atoms with van der Waals surface area (Å²) in [5, 5.41) is 3.46. The second-order valence-electron chi connectivity index (χ2n) is 5.89. The summed E-state index contributed by atoms with van der Waals surface area (Å²) in [5.74, 6) is 1.96. The van der Waals surface area contributed by atoms with E-state index in [0.717, 1.165) is 24.8 Å². The molecule has 3 nitrogen and oxygen atoms in total. The number of hydrogen-bond donors (Lipinski definition) is 1. The molecular formula is C15H26N2O. The highest BCUT2D eigenvalue weighted by Gasteiger charge is 2.18. The van der Waals surface area contributed by atoms with Crippen LogP contribution in [-0.2, 0) is 13.1 Å². The largest absolute Gasteiger partial charge is 0.468 e. The first-order chi connectivity index (χ1) is 8.65. The average Bonchev–Trinajstić information content (AvgIpc) is 2.74. The zero-order valence-corrected chi connectivity index (χ0v) is 11.9. The lowest BCUT2D eigenvalue weighted by Gasteiger charge is -2.30. The highest BCUT2D eigenvalue weighted by atomic mass is 16.3. The van der Waals surface area contributed by atoms with Crippen LogP contribution in [0.4, 0.5) is 0 Å². The number of nitrogens with one attached hydrogen (secondary N) is 1. The lowest BCUT2D eigenvalue weighted by Crippen LogP contribution is -2.34. The van der Waals surface area contributed by atoms with Gasteiger partial charge in [-0.3, -0.25) is 4.90 Å². The van der Waals surface area contributed by atoms with Crippen molar-refractivity contribution in [3.63, 3.8) is 0 Å². The van der Waals surface area contributed by atoms with Crippen LogP contribution in [0.25, 0.3) is 0 Å². The van der Waals surface area contributed by atoms with E-state index in [1.54, 1.807) is 0 Å². The third-order valence-electron chi connectivity index (χ3n) is 3.65. The van der Waals surface area contributed by atoms with Gasteiger partial charge in [0, 0.05) is 24.7 Å². The Morgan fingerprint density at radius 1 is 1.50 bits per heavy atom. The van der Waals surface area contributed by atoms with Crippen LogP contribution in [0.2, 0.25) is 0 Å². The van der Waals surface area contributed by atoms with Gasteiger partial charge in [0.2, 0.25) is 0 Å². The van der Waals surface area contributed by atoms with E-state index in [0.29, 0.717) is 6.04 Å². The Morgan fingerprint density at radius 2 is 2.33 bits per heavy atom. The molecule has 0 saturated carbocycles. The van der Waals surface area contributed by atoms with Crippen LogP contribution in [-0.4, -0.2) is 24.0 Å². The maximum atomic E-state index is 5.65. The van der Waals surface area contributed by atoms with Crippen molar-refractivity contribution in [3.8, 4) is 0 Å². The summed E-state index contributed by atoms with van der Waals surface area (Å²) in [6.45, 7) is 11.0. The van der Waals surface area contributed by atoms with E-state index in [1.165, 1.54) is 31.5 Å². The molecule has 1 aliphatic rings. The Balaban J connectivity index is 1.90. The molecule has 0 amide bonds. The first kappa shape index (κ1) is 13.6. The van der Waals surface area contributed by atoms with Crippen molar-refractivity contribution in [1.82, 2.24) is 10.2 Å². The first-order valence-corrected chi connectivity index (χ1v) is 7.16. The number of furan rings is 1. The Labute approximate surface area is 111 Å². The SMILES string of the molecule is CC1CCCN(Cc2occc2CNC(C)C)C1. The third-order valence-corrected chi connectivity index (χ3v) is 3.65. The maximum Gasteiger partial charge on any atom is 0.122 e. The highest BCUT2D eigenvalue weighted by Crippen LogP contribution is 2.20. The van der Waals surface area contributed by atoms with E-state index in [4.69, 9.17) is 4.42 Å². The summed E-state index contributed by atoms with van der Waals surface area (Å²) in [4.78, 5) is 2.52. The van der Waals surface area contributed by atoms with Gasteiger partial charge in [-0.15, -0.1) is 0 Å². The van der Waals surface area contributed by atoms with E-state index in [9.17, 15) is 0 Å². The topological polar surface area (TPSA) is 28.4 Å². The fraction of sp³-hybridized carbons (Fsp3) is 0.733. The maximum absolute atomic E-state index is 5.65. The molecular weight excluding hydrogens is 224 g/mol. The van der Waals surface area contributed by atoms with Crippen LogP contribution >= 0.6 is 0 Å². The zero-order valence-electron chi connectivity index (χ0n) is 11.9. The van der Waals surface area contributed by atoms with E-state index >= 15 is 0 Å². The van der Waals surface area contributed by atoms with Gasteiger partial charge in [-0.25, -0.2) is 0 Å². The predicted octanol–water partition coefficient (Wildman–Crippen LogP) is 3.01. The van der Waals surface area contributed by atoms with Gasteiger partial charge in [0.1, 0.15) is 5.76 Å². The van der Waals surface area contributed by atoms with Crippen molar-refractivity contribution in [2.45, 2.75) is 52.7 Å². The van der Waals surface area contributed by atoms with Crippen molar-refractivity contribution >= 4 is 0 Å². The second kappa shape index (κ2) is 6.39. The van der Waals surface area contributed by atoms with Crippen LogP contribution in [0.3, 0.4) is 0 Å². The molecule has 102 valence electrons. The number of hydrogen-bond acceptors (Lipinski definition) is 3. The van der Waals surface area contributed by atoms with Gasteiger partial charge in [-0.05, 0) is 31.4 Å². The molecule has 0 spiro atoms. The molecule has 0 aromatic carbocycles. The molecule has 1 saturated heterocycles. The molecule has 1 aromatic rings. The summed E-state index contributed by atoms with van der Waals surface area (Å²) in [6, 6.07) is 2.61. The summed E-state index contributed by atoms with van der Waals surface area (Å²) < 4.78 is 5.65. The quantitative estimate of drug-likeness (QED) is 0.871. The normalized spacial score (nSPS) is 21.7. The summed E-state index contributed by atoms with van der Waals surface area (Å²) in [7, 11) is 0. The molecule has 1 unspecified atom stereocenters. The van der Waals surface area contributed by atoms with Crippen molar-refractivity contribution in [3.05, 3.63) is 23.7 Å². The van der Waals surface area contributed by atoms with Gasteiger partial charge in [0.15, 0.2) is 0 Å². The molecule has 18 heavy (non-hydrogen) atoms. The van der Waals surface area contributed by atoms with Crippen LogP contribution in [0, 0.1) is 5.92 Å². The third kappa shape index (κ3) is 3.85. The van der Waals surface area contributed by atoms with Crippen molar-refractivity contribution in [1.29, 1.82) is 0 Å². The Bertz CT molecular complexity index is 359. The molecule has 1 fully saturated rings.